The number of thiazole rings is 1. The van der Waals surface area contributed by atoms with E-state index in [1.165, 1.54) is 17.4 Å². The van der Waals surface area contributed by atoms with Gasteiger partial charge in [-0.2, -0.15) is 0 Å². The molecule has 24 heavy (non-hydrogen) atoms. The van der Waals surface area contributed by atoms with Gasteiger partial charge in [-0.25, -0.2) is 4.98 Å². The first-order chi connectivity index (χ1) is 11.6. The molecule has 1 fully saturated rings. The molecule has 0 saturated carbocycles. The van der Waals surface area contributed by atoms with Crippen LogP contribution in [0.25, 0.3) is 0 Å². The standard InChI is InChI=1S/C15H17N5O3S/c16-9-14-17-11(10-24-14)15(21)19-7-5-18(6-8-19)12-3-1-2-4-13(12)20(22)23/h1-4,10H,5-9,16H2. The number of hydrogen-bond donors (Lipinski definition) is 1. The molecule has 1 aliphatic heterocycles. The topological polar surface area (TPSA) is 106 Å². The Hall–Kier alpha value is -2.52. The lowest BCUT2D eigenvalue weighted by molar-refractivity contribution is -0.384. The van der Waals surface area contributed by atoms with E-state index in [-0.39, 0.29) is 16.5 Å². The molecule has 126 valence electrons. The molecule has 2 heterocycles. The van der Waals surface area contributed by atoms with Crippen molar-refractivity contribution in [3.05, 3.63) is 50.5 Å². The van der Waals surface area contributed by atoms with Crippen molar-refractivity contribution in [1.82, 2.24) is 9.88 Å². The molecule has 0 radical (unpaired) electrons. The second kappa shape index (κ2) is 6.93. The molecule has 0 aliphatic carbocycles. The lowest BCUT2D eigenvalue weighted by atomic mass is 10.2. The van der Waals surface area contributed by atoms with Gasteiger partial charge in [-0.3, -0.25) is 14.9 Å². The maximum atomic E-state index is 12.4. The maximum Gasteiger partial charge on any atom is 0.292 e. The monoisotopic (exact) mass is 347 g/mol. The van der Waals surface area contributed by atoms with E-state index in [2.05, 4.69) is 4.98 Å². The molecule has 0 bridgehead atoms. The van der Waals surface area contributed by atoms with Crippen molar-refractivity contribution >= 4 is 28.6 Å². The van der Waals surface area contributed by atoms with E-state index < -0.39 is 0 Å². The van der Waals surface area contributed by atoms with E-state index in [0.717, 1.165) is 5.01 Å². The lowest BCUT2D eigenvalue weighted by Gasteiger charge is -2.35. The first-order valence-corrected chi connectivity index (χ1v) is 8.40. The van der Waals surface area contributed by atoms with Crippen LogP contribution in [-0.4, -0.2) is 46.9 Å². The summed E-state index contributed by atoms with van der Waals surface area (Å²) >= 11 is 1.38. The van der Waals surface area contributed by atoms with Crippen molar-refractivity contribution in [3.8, 4) is 0 Å². The predicted molar refractivity (Wildman–Crippen MR) is 91.2 cm³/mol. The van der Waals surface area contributed by atoms with Crippen LogP contribution in [0, 0.1) is 10.1 Å². The van der Waals surface area contributed by atoms with Gasteiger partial charge < -0.3 is 15.5 Å². The van der Waals surface area contributed by atoms with Crippen molar-refractivity contribution in [2.24, 2.45) is 5.73 Å². The van der Waals surface area contributed by atoms with E-state index in [1.54, 1.807) is 28.5 Å². The van der Waals surface area contributed by atoms with Gasteiger partial charge in [0, 0.05) is 44.2 Å². The maximum absolute atomic E-state index is 12.4. The molecule has 0 spiro atoms. The number of benzene rings is 1. The van der Waals surface area contributed by atoms with Crippen LogP contribution in [0.3, 0.4) is 0 Å². The third kappa shape index (κ3) is 3.22. The van der Waals surface area contributed by atoms with Gasteiger partial charge in [-0.1, -0.05) is 12.1 Å². The number of carbonyl (C=O) groups excluding carboxylic acids is 1. The van der Waals surface area contributed by atoms with Gasteiger partial charge in [0.25, 0.3) is 11.6 Å². The average molecular weight is 347 g/mol. The van der Waals surface area contributed by atoms with Crippen molar-refractivity contribution in [1.29, 1.82) is 0 Å². The summed E-state index contributed by atoms with van der Waals surface area (Å²) in [4.78, 5) is 31.1. The van der Waals surface area contributed by atoms with Crippen LogP contribution in [0.1, 0.15) is 15.5 Å². The molecule has 1 aromatic carbocycles. The molecule has 3 rings (SSSR count). The molecule has 1 aliphatic rings. The number of para-hydroxylation sites is 2. The van der Waals surface area contributed by atoms with E-state index in [0.29, 0.717) is 44.1 Å². The SMILES string of the molecule is NCc1nc(C(=O)N2CCN(c3ccccc3[N+](=O)[O-])CC2)cs1. The quantitative estimate of drug-likeness (QED) is 0.663. The highest BCUT2D eigenvalue weighted by Crippen LogP contribution is 2.28. The molecule has 1 aromatic heterocycles. The summed E-state index contributed by atoms with van der Waals surface area (Å²) in [7, 11) is 0. The summed E-state index contributed by atoms with van der Waals surface area (Å²) < 4.78 is 0. The summed E-state index contributed by atoms with van der Waals surface area (Å²) in [5.74, 6) is -0.117. The summed E-state index contributed by atoms with van der Waals surface area (Å²) in [6.45, 7) is 2.42. The molecule has 2 N–H and O–H groups in total. The lowest BCUT2D eigenvalue weighted by Crippen LogP contribution is -2.49. The number of rotatable bonds is 4. The molecular formula is C15H17N5O3S. The van der Waals surface area contributed by atoms with E-state index in [9.17, 15) is 14.9 Å². The van der Waals surface area contributed by atoms with Gasteiger partial charge in [0.2, 0.25) is 0 Å². The van der Waals surface area contributed by atoms with Crippen molar-refractivity contribution in [2.45, 2.75) is 6.54 Å². The Labute approximate surface area is 142 Å². The third-order valence-corrected chi connectivity index (χ3v) is 4.80. The van der Waals surface area contributed by atoms with E-state index in [1.807, 2.05) is 4.90 Å². The molecule has 2 aromatic rings. The van der Waals surface area contributed by atoms with Crippen molar-refractivity contribution in [3.63, 3.8) is 0 Å². The number of nitrogens with two attached hydrogens (primary N) is 1. The van der Waals surface area contributed by atoms with Gasteiger partial charge >= 0.3 is 0 Å². The van der Waals surface area contributed by atoms with Crippen LogP contribution in [0.4, 0.5) is 11.4 Å². The molecule has 1 saturated heterocycles. The van der Waals surface area contributed by atoms with E-state index >= 15 is 0 Å². The minimum absolute atomic E-state index is 0.0874. The fourth-order valence-electron chi connectivity index (χ4n) is 2.70. The predicted octanol–water partition coefficient (Wildman–Crippen LogP) is 1.47. The highest BCUT2D eigenvalue weighted by atomic mass is 32.1. The second-order valence-corrected chi connectivity index (χ2v) is 6.30. The Balaban J connectivity index is 1.68. The van der Waals surface area contributed by atoms with Crippen LogP contribution in [0.2, 0.25) is 0 Å². The average Bonchev–Trinajstić information content (AvgIpc) is 3.10. The first-order valence-electron chi connectivity index (χ1n) is 7.52. The molecule has 0 atom stereocenters. The van der Waals surface area contributed by atoms with Gasteiger partial charge in [0.05, 0.1) is 4.92 Å². The number of nitro benzene ring substituents is 1. The zero-order valence-corrected chi connectivity index (χ0v) is 13.7. The van der Waals surface area contributed by atoms with Gasteiger partial charge in [0.15, 0.2) is 0 Å². The van der Waals surface area contributed by atoms with Crippen LogP contribution in [0.15, 0.2) is 29.6 Å². The largest absolute Gasteiger partial charge is 0.362 e. The molecule has 9 heteroatoms. The highest BCUT2D eigenvalue weighted by molar-refractivity contribution is 7.09. The van der Waals surface area contributed by atoms with Crippen molar-refractivity contribution in [2.75, 3.05) is 31.1 Å². The van der Waals surface area contributed by atoms with E-state index in [4.69, 9.17) is 5.73 Å². The summed E-state index contributed by atoms with van der Waals surface area (Å²) in [5.41, 5.74) is 6.62. The number of hydrogen-bond acceptors (Lipinski definition) is 7. The number of carbonyl (C=O) groups is 1. The smallest absolute Gasteiger partial charge is 0.292 e. The molecule has 0 unspecified atom stereocenters. The Morgan fingerprint density at radius 2 is 2.00 bits per heavy atom. The number of anilines is 1. The number of piperazine rings is 1. The zero-order valence-electron chi connectivity index (χ0n) is 12.9. The summed E-state index contributed by atoms with van der Waals surface area (Å²) in [6, 6.07) is 6.67. The second-order valence-electron chi connectivity index (χ2n) is 5.36. The Kier molecular flexibility index (Phi) is 4.72. The normalized spacial score (nSPS) is 14.7. The number of aromatic nitrogens is 1. The van der Waals surface area contributed by atoms with Crippen LogP contribution < -0.4 is 10.6 Å². The Bertz CT molecular complexity index is 755. The third-order valence-electron chi connectivity index (χ3n) is 3.93. The van der Waals surface area contributed by atoms with Crippen molar-refractivity contribution < 1.29 is 9.72 Å². The van der Waals surface area contributed by atoms with Gasteiger partial charge in [-0.05, 0) is 6.07 Å². The molecule has 1 amide bonds. The first kappa shape index (κ1) is 16.3. The summed E-state index contributed by atoms with van der Waals surface area (Å²) in [6.07, 6.45) is 0. The van der Waals surface area contributed by atoms with Crippen LogP contribution in [-0.2, 0) is 6.54 Å². The Morgan fingerprint density at radius 1 is 1.29 bits per heavy atom. The Morgan fingerprint density at radius 3 is 2.62 bits per heavy atom. The van der Waals surface area contributed by atoms with Crippen LogP contribution in [0.5, 0.6) is 0 Å². The highest BCUT2D eigenvalue weighted by Gasteiger charge is 2.26. The fourth-order valence-corrected chi connectivity index (χ4v) is 3.35. The van der Waals surface area contributed by atoms with Gasteiger partial charge in [-0.15, -0.1) is 11.3 Å². The zero-order chi connectivity index (χ0) is 17.1. The molecular weight excluding hydrogens is 330 g/mol. The fraction of sp³-hybridized carbons (Fsp3) is 0.333. The summed E-state index contributed by atoms with van der Waals surface area (Å²) in [5, 5.41) is 13.6. The minimum Gasteiger partial charge on any atom is -0.362 e. The molecule has 8 nitrogen and oxygen atoms in total. The van der Waals surface area contributed by atoms with Gasteiger partial charge in [0.1, 0.15) is 16.4 Å². The number of nitrogens with zero attached hydrogens (tertiary/aromatic N) is 4. The number of amides is 1. The van der Waals surface area contributed by atoms with Crippen LogP contribution >= 0.6 is 11.3 Å². The number of nitro groups is 1. The minimum atomic E-state index is -0.378.